The van der Waals surface area contributed by atoms with Crippen LogP contribution in [-0.2, 0) is 9.53 Å². The second-order valence-corrected chi connectivity index (χ2v) is 4.66. The quantitative estimate of drug-likeness (QED) is 0.486. The van der Waals surface area contributed by atoms with Gasteiger partial charge in [-0.3, -0.25) is 19.9 Å². The summed E-state index contributed by atoms with van der Waals surface area (Å²) in [6, 6.07) is 4.82. The van der Waals surface area contributed by atoms with E-state index in [2.05, 4.69) is 9.72 Å². The first kappa shape index (κ1) is 14.7. The van der Waals surface area contributed by atoms with E-state index in [-0.39, 0.29) is 18.2 Å². The maximum Gasteiger partial charge on any atom is 0.325 e. The Morgan fingerprint density at radius 1 is 1.43 bits per heavy atom. The topological polar surface area (TPSA) is 85.6 Å². The highest BCUT2D eigenvalue weighted by atomic mass is 16.6. The SMILES string of the molecule is COC(=O)CN(C)c1ccc([N+](=O)[O-])c2cnc(C)cc12. The number of rotatable bonds is 4. The second kappa shape index (κ2) is 5.74. The molecule has 0 N–H and O–H groups in total. The molecule has 1 aromatic heterocycles. The fourth-order valence-corrected chi connectivity index (χ4v) is 2.15. The lowest BCUT2D eigenvalue weighted by atomic mass is 10.1. The van der Waals surface area contributed by atoms with Crippen molar-refractivity contribution in [3.05, 3.63) is 40.2 Å². The zero-order valence-corrected chi connectivity index (χ0v) is 12.0. The van der Waals surface area contributed by atoms with Gasteiger partial charge in [-0.05, 0) is 19.1 Å². The van der Waals surface area contributed by atoms with Gasteiger partial charge >= 0.3 is 5.97 Å². The van der Waals surface area contributed by atoms with Gasteiger partial charge in [0.25, 0.3) is 5.69 Å². The number of nitro groups is 1. The number of carbonyl (C=O) groups is 1. The largest absolute Gasteiger partial charge is 0.468 e. The number of likely N-dealkylation sites (N-methyl/N-ethyl adjacent to an activating group) is 1. The van der Waals surface area contributed by atoms with Crippen LogP contribution in [0.4, 0.5) is 11.4 Å². The molecule has 1 heterocycles. The molecule has 0 atom stereocenters. The van der Waals surface area contributed by atoms with Gasteiger partial charge in [-0.1, -0.05) is 0 Å². The number of pyridine rings is 1. The highest BCUT2D eigenvalue weighted by Gasteiger charge is 2.18. The van der Waals surface area contributed by atoms with Crippen molar-refractivity contribution in [3.8, 4) is 0 Å². The van der Waals surface area contributed by atoms with Gasteiger partial charge in [-0.25, -0.2) is 0 Å². The van der Waals surface area contributed by atoms with Crippen LogP contribution in [0.25, 0.3) is 10.8 Å². The Kier molecular flexibility index (Phi) is 4.02. The average Bonchev–Trinajstić information content (AvgIpc) is 2.45. The number of fused-ring (bicyclic) bond motifs is 1. The molecule has 0 aliphatic carbocycles. The van der Waals surface area contributed by atoms with Crippen LogP contribution in [0, 0.1) is 17.0 Å². The van der Waals surface area contributed by atoms with E-state index in [4.69, 9.17) is 0 Å². The lowest BCUT2D eigenvalue weighted by molar-refractivity contribution is -0.383. The number of nitrogens with zero attached hydrogens (tertiary/aromatic N) is 3. The average molecular weight is 289 g/mol. The Hall–Kier alpha value is -2.70. The molecule has 0 amide bonds. The van der Waals surface area contributed by atoms with Crippen LogP contribution in [0.5, 0.6) is 0 Å². The molecule has 7 heteroatoms. The zero-order valence-electron chi connectivity index (χ0n) is 12.0. The van der Waals surface area contributed by atoms with E-state index in [9.17, 15) is 14.9 Å². The van der Waals surface area contributed by atoms with Crippen LogP contribution in [0.15, 0.2) is 24.4 Å². The number of nitro benzene ring substituents is 1. The van der Waals surface area contributed by atoms with Crippen LogP contribution in [0.2, 0.25) is 0 Å². The number of benzene rings is 1. The number of hydrogen-bond acceptors (Lipinski definition) is 6. The molecule has 0 fully saturated rings. The maximum atomic E-state index is 11.4. The molecule has 0 aliphatic rings. The van der Waals surface area contributed by atoms with Gasteiger partial charge in [-0.15, -0.1) is 0 Å². The zero-order chi connectivity index (χ0) is 15.6. The summed E-state index contributed by atoms with van der Waals surface area (Å²) in [6.45, 7) is 1.87. The van der Waals surface area contributed by atoms with Crippen LogP contribution in [0.3, 0.4) is 0 Å². The minimum absolute atomic E-state index is 0.00674. The van der Waals surface area contributed by atoms with Crippen molar-refractivity contribution in [1.29, 1.82) is 0 Å². The maximum absolute atomic E-state index is 11.4. The number of carbonyl (C=O) groups excluding carboxylic acids is 1. The number of ether oxygens (including phenoxy) is 1. The molecule has 0 saturated carbocycles. The molecule has 0 radical (unpaired) electrons. The predicted molar refractivity (Wildman–Crippen MR) is 78.4 cm³/mol. The summed E-state index contributed by atoms with van der Waals surface area (Å²) in [5.74, 6) is -0.380. The lowest BCUT2D eigenvalue weighted by Crippen LogP contribution is -2.26. The number of non-ortho nitro benzene ring substituents is 1. The predicted octanol–water partition coefficient (Wildman–Crippen LogP) is 2.06. The highest BCUT2D eigenvalue weighted by molar-refractivity contribution is 6.00. The van der Waals surface area contributed by atoms with Gasteiger partial charge in [0.05, 0.1) is 17.4 Å². The van der Waals surface area contributed by atoms with Crippen molar-refractivity contribution in [3.63, 3.8) is 0 Å². The first-order valence-corrected chi connectivity index (χ1v) is 6.25. The minimum atomic E-state index is -0.441. The number of aryl methyl sites for hydroxylation is 1. The van der Waals surface area contributed by atoms with E-state index in [1.807, 2.05) is 6.92 Å². The minimum Gasteiger partial charge on any atom is -0.468 e. The molecule has 0 unspecified atom stereocenters. The smallest absolute Gasteiger partial charge is 0.325 e. The Labute approximate surface area is 121 Å². The van der Waals surface area contributed by atoms with Gasteiger partial charge < -0.3 is 9.64 Å². The standard InChI is InChI=1S/C14H15N3O4/c1-9-6-10-11(7-15-9)13(17(19)20)5-4-12(10)16(2)8-14(18)21-3/h4-7H,8H2,1-3H3. The summed E-state index contributed by atoms with van der Waals surface area (Å²) in [4.78, 5) is 27.8. The number of methoxy groups -OCH3 is 1. The first-order chi connectivity index (χ1) is 9.93. The van der Waals surface area contributed by atoms with Crippen LogP contribution in [-0.4, -0.2) is 36.6 Å². The van der Waals surface area contributed by atoms with Crippen molar-refractivity contribution in [2.45, 2.75) is 6.92 Å². The van der Waals surface area contributed by atoms with Crippen LogP contribution < -0.4 is 4.90 Å². The molecular formula is C14H15N3O4. The monoisotopic (exact) mass is 289 g/mol. The third-order valence-electron chi connectivity index (χ3n) is 3.19. The third-order valence-corrected chi connectivity index (χ3v) is 3.19. The molecule has 7 nitrogen and oxygen atoms in total. The van der Waals surface area contributed by atoms with Crippen molar-refractivity contribution in [1.82, 2.24) is 4.98 Å². The van der Waals surface area contributed by atoms with E-state index in [0.717, 1.165) is 5.69 Å². The van der Waals surface area contributed by atoms with Crippen molar-refractivity contribution in [2.75, 3.05) is 25.6 Å². The molecule has 2 rings (SSSR count). The summed E-state index contributed by atoms with van der Waals surface area (Å²) in [5, 5.41) is 12.2. The fraction of sp³-hybridized carbons (Fsp3) is 0.286. The molecule has 0 saturated heterocycles. The van der Waals surface area contributed by atoms with Crippen LogP contribution >= 0.6 is 0 Å². The van der Waals surface area contributed by atoms with Gasteiger partial charge in [0.1, 0.15) is 6.54 Å². The van der Waals surface area contributed by atoms with Crippen molar-refractivity contribution in [2.24, 2.45) is 0 Å². The van der Waals surface area contributed by atoms with E-state index >= 15 is 0 Å². The second-order valence-electron chi connectivity index (χ2n) is 4.66. The molecule has 0 bridgehead atoms. The molecule has 0 aliphatic heterocycles. The number of anilines is 1. The van der Waals surface area contributed by atoms with E-state index in [1.165, 1.54) is 19.4 Å². The van der Waals surface area contributed by atoms with Gasteiger partial charge in [-0.2, -0.15) is 0 Å². The number of esters is 1. The van der Waals surface area contributed by atoms with E-state index < -0.39 is 4.92 Å². The van der Waals surface area contributed by atoms with E-state index in [1.54, 1.807) is 24.1 Å². The molecule has 110 valence electrons. The van der Waals surface area contributed by atoms with E-state index in [0.29, 0.717) is 16.5 Å². The molecule has 0 spiro atoms. The molecule has 1 aromatic carbocycles. The summed E-state index contributed by atoms with van der Waals surface area (Å²) in [6.07, 6.45) is 1.48. The van der Waals surface area contributed by atoms with Crippen molar-refractivity contribution >= 4 is 28.1 Å². The Morgan fingerprint density at radius 2 is 2.14 bits per heavy atom. The van der Waals surface area contributed by atoms with Gasteiger partial charge in [0.2, 0.25) is 0 Å². The van der Waals surface area contributed by atoms with Crippen LogP contribution in [0.1, 0.15) is 5.69 Å². The normalized spacial score (nSPS) is 10.4. The summed E-state index contributed by atoms with van der Waals surface area (Å²) in [7, 11) is 3.05. The third kappa shape index (κ3) is 2.91. The Balaban J connectivity index is 2.59. The molecule has 21 heavy (non-hydrogen) atoms. The fourth-order valence-electron chi connectivity index (χ4n) is 2.15. The first-order valence-electron chi connectivity index (χ1n) is 6.25. The highest BCUT2D eigenvalue weighted by Crippen LogP contribution is 2.33. The Morgan fingerprint density at radius 3 is 2.76 bits per heavy atom. The summed E-state index contributed by atoms with van der Waals surface area (Å²) >= 11 is 0. The summed E-state index contributed by atoms with van der Waals surface area (Å²) in [5.41, 5.74) is 1.45. The molecular weight excluding hydrogens is 274 g/mol. The Bertz CT molecular complexity index is 715. The van der Waals surface area contributed by atoms with Gasteiger partial charge in [0.15, 0.2) is 0 Å². The number of aromatic nitrogens is 1. The lowest BCUT2D eigenvalue weighted by Gasteiger charge is -2.19. The van der Waals surface area contributed by atoms with Crippen molar-refractivity contribution < 1.29 is 14.5 Å². The van der Waals surface area contributed by atoms with Gasteiger partial charge in [0, 0.05) is 36.1 Å². The molecule has 2 aromatic rings. The number of hydrogen-bond donors (Lipinski definition) is 0. The summed E-state index contributed by atoms with van der Waals surface area (Å²) < 4.78 is 4.64.